The summed E-state index contributed by atoms with van der Waals surface area (Å²) in [6.45, 7) is 4.15. The quantitative estimate of drug-likeness (QED) is 0.418. The van der Waals surface area contributed by atoms with Crippen LogP contribution < -0.4 is 10.6 Å². The number of aryl methyl sites for hydroxylation is 1. The molecule has 0 saturated carbocycles. The molecule has 5 nitrogen and oxygen atoms in total. The first-order valence-electron chi connectivity index (χ1n) is 8.78. The van der Waals surface area contributed by atoms with Gasteiger partial charge < -0.3 is 15.1 Å². The number of nitrogens with zero attached hydrogens (tertiary/aromatic N) is 1. The zero-order valence-electron chi connectivity index (χ0n) is 15.4. The minimum absolute atomic E-state index is 0.127. The monoisotopic (exact) mass is 409 g/mol. The Morgan fingerprint density at radius 1 is 1.18 bits per heavy atom. The highest BCUT2D eigenvalue weighted by Crippen LogP contribution is 2.41. The lowest BCUT2D eigenvalue weighted by Crippen LogP contribution is -2.17. The number of carbonyl (C=O) groups is 1. The minimum Gasteiger partial charge on any atom is -0.459 e. The van der Waals surface area contributed by atoms with Crippen molar-refractivity contribution in [1.29, 1.82) is 0 Å². The van der Waals surface area contributed by atoms with Gasteiger partial charge in [0.15, 0.2) is 5.76 Å². The van der Waals surface area contributed by atoms with Gasteiger partial charge in [-0.15, -0.1) is 11.3 Å². The van der Waals surface area contributed by atoms with Crippen LogP contribution in [-0.4, -0.2) is 10.9 Å². The van der Waals surface area contributed by atoms with E-state index in [1.165, 1.54) is 6.26 Å². The van der Waals surface area contributed by atoms with Crippen LogP contribution >= 0.6 is 22.7 Å². The van der Waals surface area contributed by atoms with E-state index >= 15 is 0 Å². The number of hydrogen-bond acceptors (Lipinski definition) is 6. The molecule has 4 aromatic rings. The van der Waals surface area contributed by atoms with Crippen molar-refractivity contribution in [1.82, 2.24) is 4.98 Å². The van der Waals surface area contributed by atoms with E-state index in [1.807, 2.05) is 18.2 Å². The summed E-state index contributed by atoms with van der Waals surface area (Å²) in [6, 6.07) is 11.1. The minimum atomic E-state index is -0.255. The van der Waals surface area contributed by atoms with Gasteiger partial charge in [-0.05, 0) is 66.1 Å². The fourth-order valence-corrected chi connectivity index (χ4v) is 4.79. The van der Waals surface area contributed by atoms with Crippen LogP contribution in [0.15, 0.2) is 64.0 Å². The molecule has 0 saturated heterocycles. The molecule has 4 aromatic heterocycles. The smallest absolute Gasteiger partial charge is 0.291 e. The van der Waals surface area contributed by atoms with Gasteiger partial charge in [0.1, 0.15) is 10.8 Å². The first kappa shape index (κ1) is 18.5. The van der Waals surface area contributed by atoms with Gasteiger partial charge in [0.05, 0.1) is 12.3 Å². The number of thiophene rings is 2. The van der Waals surface area contributed by atoms with Crippen LogP contribution in [0.2, 0.25) is 0 Å². The van der Waals surface area contributed by atoms with Gasteiger partial charge >= 0.3 is 0 Å². The number of furan rings is 1. The van der Waals surface area contributed by atoms with Gasteiger partial charge in [0.25, 0.3) is 5.91 Å². The molecule has 4 heterocycles. The highest BCUT2D eigenvalue weighted by molar-refractivity contribution is 7.16. The third-order valence-corrected chi connectivity index (χ3v) is 6.37. The number of nitrogens with one attached hydrogen (secondary N) is 2. The van der Waals surface area contributed by atoms with Crippen molar-refractivity contribution >= 4 is 39.4 Å². The van der Waals surface area contributed by atoms with Crippen LogP contribution in [-0.2, 0) is 0 Å². The fraction of sp³-hybridized carbons (Fsp3) is 0.143. The number of amides is 1. The summed E-state index contributed by atoms with van der Waals surface area (Å²) < 4.78 is 5.24. The Balaban J connectivity index is 1.74. The maximum atomic E-state index is 12.6. The maximum Gasteiger partial charge on any atom is 0.291 e. The SMILES string of the molecule is Cc1sc(NC(=O)c2ccco2)c(C(Nc2ccccn2)c2ccsc2)c1C. The molecule has 28 heavy (non-hydrogen) atoms. The van der Waals surface area contributed by atoms with Gasteiger partial charge in [-0.3, -0.25) is 4.79 Å². The molecule has 0 fully saturated rings. The molecule has 0 aromatic carbocycles. The molecule has 0 bridgehead atoms. The Morgan fingerprint density at radius 2 is 2.07 bits per heavy atom. The van der Waals surface area contributed by atoms with Crippen molar-refractivity contribution < 1.29 is 9.21 Å². The van der Waals surface area contributed by atoms with Crippen LogP contribution in [0.1, 0.15) is 38.2 Å². The molecule has 1 amide bonds. The van der Waals surface area contributed by atoms with Crippen molar-refractivity contribution in [3.05, 3.63) is 86.9 Å². The summed E-state index contributed by atoms with van der Waals surface area (Å²) >= 11 is 3.22. The summed E-state index contributed by atoms with van der Waals surface area (Å²) in [4.78, 5) is 18.2. The standard InChI is InChI=1S/C21H19N3O2S2/c1-13-14(2)28-21(24-20(25)16-6-5-10-26-16)18(13)19(15-8-11-27-12-15)23-17-7-3-4-9-22-17/h3-12,19H,1-2H3,(H,22,23)(H,24,25). The maximum absolute atomic E-state index is 12.6. The van der Waals surface area contributed by atoms with Crippen molar-refractivity contribution in [2.45, 2.75) is 19.9 Å². The molecular formula is C21H19N3O2S2. The number of hydrogen-bond donors (Lipinski definition) is 2. The molecule has 0 aliphatic heterocycles. The average molecular weight is 410 g/mol. The second-order valence-corrected chi connectivity index (χ2v) is 8.31. The topological polar surface area (TPSA) is 67.2 Å². The van der Waals surface area contributed by atoms with E-state index in [0.717, 1.165) is 32.4 Å². The highest BCUT2D eigenvalue weighted by Gasteiger charge is 2.25. The summed E-state index contributed by atoms with van der Waals surface area (Å²) in [5, 5.41) is 11.5. The van der Waals surface area contributed by atoms with E-state index < -0.39 is 0 Å². The molecule has 0 aliphatic rings. The second-order valence-electron chi connectivity index (χ2n) is 6.31. The number of carbonyl (C=O) groups excluding carboxylic acids is 1. The lowest BCUT2D eigenvalue weighted by atomic mass is 9.98. The average Bonchev–Trinajstić information content (AvgIpc) is 3.45. The Labute approximate surface area is 171 Å². The van der Waals surface area contributed by atoms with E-state index in [2.05, 4.69) is 46.3 Å². The van der Waals surface area contributed by atoms with Gasteiger partial charge in [0, 0.05) is 16.6 Å². The van der Waals surface area contributed by atoms with Crippen molar-refractivity contribution in [2.75, 3.05) is 10.6 Å². The summed E-state index contributed by atoms with van der Waals surface area (Å²) in [5.41, 5.74) is 3.33. The molecule has 0 radical (unpaired) electrons. The lowest BCUT2D eigenvalue weighted by molar-refractivity contribution is 0.0997. The van der Waals surface area contributed by atoms with Gasteiger partial charge in [0.2, 0.25) is 0 Å². The first-order chi connectivity index (χ1) is 13.6. The summed E-state index contributed by atoms with van der Waals surface area (Å²) in [7, 11) is 0. The Morgan fingerprint density at radius 3 is 2.75 bits per heavy atom. The highest BCUT2D eigenvalue weighted by atomic mass is 32.1. The number of aromatic nitrogens is 1. The fourth-order valence-electron chi connectivity index (χ4n) is 3.01. The Hall–Kier alpha value is -2.90. The van der Waals surface area contributed by atoms with E-state index in [1.54, 1.807) is 41.0 Å². The third-order valence-electron chi connectivity index (χ3n) is 4.53. The molecule has 7 heteroatoms. The predicted octanol–water partition coefficient (Wildman–Crippen LogP) is 5.87. The third kappa shape index (κ3) is 3.72. The van der Waals surface area contributed by atoms with Crippen LogP contribution in [0.25, 0.3) is 0 Å². The van der Waals surface area contributed by atoms with Crippen molar-refractivity contribution in [3.63, 3.8) is 0 Å². The van der Waals surface area contributed by atoms with Gasteiger partial charge in [-0.1, -0.05) is 6.07 Å². The molecule has 0 aliphatic carbocycles. The largest absolute Gasteiger partial charge is 0.459 e. The van der Waals surface area contributed by atoms with E-state index in [0.29, 0.717) is 5.76 Å². The molecule has 1 atom stereocenters. The Kier molecular flexibility index (Phi) is 5.27. The summed E-state index contributed by atoms with van der Waals surface area (Å²) in [5.74, 6) is 0.819. The normalized spacial score (nSPS) is 11.9. The molecule has 4 rings (SSSR count). The molecule has 1 unspecified atom stereocenters. The zero-order chi connectivity index (χ0) is 19.5. The van der Waals surface area contributed by atoms with Crippen LogP contribution in [0.4, 0.5) is 10.8 Å². The van der Waals surface area contributed by atoms with Crippen LogP contribution in [0.5, 0.6) is 0 Å². The van der Waals surface area contributed by atoms with Gasteiger partial charge in [-0.25, -0.2) is 4.98 Å². The van der Waals surface area contributed by atoms with Crippen molar-refractivity contribution in [3.8, 4) is 0 Å². The summed E-state index contributed by atoms with van der Waals surface area (Å²) in [6.07, 6.45) is 3.26. The first-order valence-corrected chi connectivity index (χ1v) is 10.5. The van der Waals surface area contributed by atoms with Crippen LogP contribution in [0.3, 0.4) is 0 Å². The molecule has 2 N–H and O–H groups in total. The van der Waals surface area contributed by atoms with Crippen molar-refractivity contribution in [2.24, 2.45) is 0 Å². The van der Waals surface area contributed by atoms with E-state index in [4.69, 9.17) is 4.42 Å². The van der Waals surface area contributed by atoms with E-state index in [9.17, 15) is 4.79 Å². The van der Waals surface area contributed by atoms with Gasteiger partial charge in [-0.2, -0.15) is 11.3 Å². The molecule has 142 valence electrons. The molecule has 0 spiro atoms. The predicted molar refractivity (Wildman–Crippen MR) is 114 cm³/mol. The number of pyridine rings is 1. The second kappa shape index (κ2) is 8.00. The lowest BCUT2D eigenvalue weighted by Gasteiger charge is -2.21. The van der Waals surface area contributed by atoms with E-state index in [-0.39, 0.29) is 11.9 Å². The van der Waals surface area contributed by atoms with Crippen LogP contribution in [0, 0.1) is 13.8 Å². The zero-order valence-corrected chi connectivity index (χ0v) is 17.1. The molecular weight excluding hydrogens is 390 g/mol. The number of anilines is 2. The Bertz CT molecular complexity index is 1050. The number of rotatable bonds is 6.